The molecule has 0 aliphatic rings. The summed E-state index contributed by atoms with van der Waals surface area (Å²) >= 11 is 0. The van der Waals surface area contributed by atoms with Gasteiger partial charge in [-0.1, -0.05) is 20.8 Å². The fraction of sp³-hybridized carbons (Fsp3) is 0.731. The van der Waals surface area contributed by atoms with Crippen LogP contribution in [0.1, 0.15) is 80.1 Å². The Hall–Kier alpha value is -2.39. The first-order chi connectivity index (χ1) is 16.0. The van der Waals surface area contributed by atoms with E-state index in [9.17, 15) is 9.59 Å². The molecule has 0 aliphatic carbocycles. The molecule has 35 heavy (non-hydrogen) atoms. The fourth-order valence-electron chi connectivity index (χ4n) is 2.89. The molecule has 0 bridgehead atoms. The van der Waals surface area contributed by atoms with Crippen LogP contribution in [0.5, 0.6) is 5.75 Å². The van der Waals surface area contributed by atoms with E-state index in [2.05, 4.69) is 36.7 Å². The molecule has 1 heterocycles. The maximum atomic E-state index is 12.0. The molecule has 1 aromatic heterocycles. The summed E-state index contributed by atoms with van der Waals surface area (Å²) in [7, 11) is 0. The summed E-state index contributed by atoms with van der Waals surface area (Å²) in [5.74, 6) is 0.383. The number of ether oxygens (including phenoxy) is 3. The lowest BCUT2D eigenvalue weighted by molar-refractivity contribution is -0.153. The molecule has 0 atom stereocenters. The van der Waals surface area contributed by atoms with E-state index >= 15 is 0 Å². The molecule has 0 radical (unpaired) electrons. The zero-order valence-corrected chi connectivity index (χ0v) is 23.1. The molecular weight excluding hydrogens is 448 g/mol. The maximum Gasteiger partial charge on any atom is 0.407 e. The monoisotopic (exact) mass is 494 g/mol. The van der Waals surface area contributed by atoms with Crippen LogP contribution in [0.3, 0.4) is 0 Å². The predicted molar refractivity (Wildman–Crippen MR) is 137 cm³/mol. The molecule has 0 aliphatic heterocycles. The highest BCUT2D eigenvalue weighted by molar-refractivity contribution is 5.72. The van der Waals surface area contributed by atoms with Gasteiger partial charge < -0.3 is 30.2 Å². The average molecular weight is 495 g/mol. The topological polar surface area (TPSA) is 111 Å². The number of aromatic nitrogens is 1. The van der Waals surface area contributed by atoms with E-state index in [1.54, 1.807) is 0 Å². The van der Waals surface area contributed by atoms with Gasteiger partial charge in [-0.2, -0.15) is 0 Å². The van der Waals surface area contributed by atoms with Gasteiger partial charge in [0.15, 0.2) is 0 Å². The second-order valence-corrected chi connectivity index (χ2v) is 11.8. The first-order valence-electron chi connectivity index (χ1n) is 12.3. The summed E-state index contributed by atoms with van der Waals surface area (Å²) in [5, 5.41) is 9.25. The third kappa shape index (κ3) is 16.8. The molecule has 0 fully saturated rings. The van der Waals surface area contributed by atoms with E-state index in [4.69, 9.17) is 19.2 Å². The molecule has 9 heteroatoms. The van der Waals surface area contributed by atoms with E-state index in [0.717, 1.165) is 17.9 Å². The summed E-state index contributed by atoms with van der Waals surface area (Å²) in [6, 6.07) is 3.77. The lowest BCUT2D eigenvalue weighted by Gasteiger charge is -2.20. The van der Waals surface area contributed by atoms with E-state index in [1.165, 1.54) is 0 Å². The van der Waals surface area contributed by atoms with Crippen LogP contribution in [0.2, 0.25) is 0 Å². The van der Waals surface area contributed by atoms with E-state index < -0.39 is 17.3 Å². The maximum absolute atomic E-state index is 12.0. The normalized spacial score (nSPS) is 12.3. The van der Waals surface area contributed by atoms with Gasteiger partial charge in [-0.3, -0.25) is 9.78 Å². The fourth-order valence-corrected chi connectivity index (χ4v) is 2.89. The van der Waals surface area contributed by atoms with Crippen molar-refractivity contribution in [3.8, 4) is 5.75 Å². The number of nitrogens with zero attached hydrogens (tertiary/aromatic N) is 1. The van der Waals surface area contributed by atoms with Crippen molar-refractivity contribution in [2.24, 2.45) is 5.41 Å². The molecule has 3 N–H and O–H groups in total. The summed E-state index contributed by atoms with van der Waals surface area (Å²) in [6.07, 6.45) is 0.192. The van der Waals surface area contributed by atoms with Crippen LogP contribution >= 0.6 is 0 Å². The Morgan fingerprint density at radius 2 is 1.43 bits per heavy atom. The van der Waals surface area contributed by atoms with Gasteiger partial charge in [0.2, 0.25) is 0 Å². The van der Waals surface area contributed by atoms with Gasteiger partial charge in [0.05, 0.1) is 24.5 Å². The Bertz CT molecular complexity index is 807. The molecule has 9 nitrogen and oxygen atoms in total. The number of pyridine rings is 1. The zero-order chi connectivity index (χ0) is 26.7. The summed E-state index contributed by atoms with van der Waals surface area (Å²) in [4.78, 5) is 28.4. The number of hydrogen-bond donors (Lipinski definition) is 3. The minimum absolute atomic E-state index is 0.0952. The van der Waals surface area contributed by atoms with Gasteiger partial charge in [0.25, 0.3) is 0 Å². The third-order valence-electron chi connectivity index (χ3n) is 4.12. The van der Waals surface area contributed by atoms with Crippen LogP contribution in [0.15, 0.2) is 12.1 Å². The number of amides is 1. The van der Waals surface area contributed by atoms with Crippen LogP contribution < -0.4 is 20.7 Å². The van der Waals surface area contributed by atoms with Crippen LogP contribution in [0.4, 0.5) is 4.79 Å². The number of carbonyl (C=O) groups excluding carboxylic acids is 2. The van der Waals surface area contributed by atoms with Crippen LogP contribution in [-0.4, -0.2) is 54.5 Å². The highest BCUT2D eigenvalue weighted by atomic mass is 16.6. The summed E-state index contributed by atoms with van der Waals surface area (Å²) in [6.45, 7) is 20.3. The lowest BCUT2D eigenvalue weighted by atomic mass is 9.97. The molecule has 0 saturated heterocycles. The molecule has 0 aromatic carbocycles. The highest BCUT2D eigenvalue weighted by Crippen LogP contribution is 2.16. The molecule has 0 saturated carbocycles. The van der Waals surface area contributed by atoms with Gasteiger partial charge in [-0.25, -0.2) is 4.79 Å². The second kappa shape index (κ2) is 13.6. The minimum Gasteiger partial charge on any atom is -0.493 e. The molecule has 1 amide bonds. The molecule has 1 rings (SSSR count). The van der Waals surface area contributed by atoms with Crippen molar-refractivity contribution < 1.29 is 23.8 Å². The third-order valence-corrected chi connectivity index (χ3v) is 4.12. The van der Waals surface area contributed by atoms with Gasteiger partial charge in [0.1, 0.15) is 17.0 Å². The first-order valence-corrected chi connectivity index (χ1v) is 12.3. The van der Waals surface area contributed by atoms with Gasteiger partial charge in [0, 0.05) is 38.3 Å². The van der Waals surface area contributed by atoms with E-state index in [1.807, 2.05) is 53.7 Å². The predicted octanol–water partition coefficient (Wildman–Crippen LogP) is 3.94. The van der Waals surface area contributed by atoms with Crippen molar-refractivity contribution in [1.82, 2.24) is 20.9 Å². The van der Waals surface area contributed by atoms with Crippen molar-refractivity contribution in [1.29, 1.82) is 0 Å². The first kappa shape index (κ1) is 30.6. The Balaban J connectivity index is 2.66. The molecular formula is C26H46N4O5. The number of rotatable bonds is 12. The largest absolute Gasteiger partial charge is 0.493 e. The summed E-state index contributed by atoms with van der Waals surface area (Å²) < 4.78 is 16.5. The van der Waals surface area contributed by atoms with E-state index in [-0.39, 0.29) is 17.9 Å². The number of esters is 1. The molecule has 1 aromatic rings. The second-order valence-electron chi connectivity index (χ2n) is 11.8. The number of nitrogens with one attached hydrogen (secondary N) is 3. The van der Waals surface area contributed by atoms with Crippen molar-refractivity contribution in [3.63, 3.8) is 0 Å². The number of alkyl carbamates (subject to hydrolysis) is 1. The number of hydrogen-bond acceptors (Lipinski definition) is 8. The van der Waals surface area contributed by atoms with Crippen molar-refractivity contribution in [2.45, 2.75) is 93.0 Å². The standard InChI is InChI=1S/C26H46N4O5/c1-24(2,3)18-28-16-20-14-21(33-12-10-11-29-23(32)35-26(7,8)9)13-19(30-20)15-27-17-22(31)34-25(4,5)6/h13-14,27-28H,10-12,15-18H2,1-9H3,(H,29,32). The molecule has 200 valence electrons. The Morgan fingerprint density at radius 1 is 0.857 bits per heavy atom. The SMILES string of the molecule is CC(C)(C)CNCc1cc(OCCCNC(=O)OC(C)(C)C)cc(CNCC(=O)OC(C)(C)C)n1. The van der Waals surface area contributed by atoms with Gasteiger partial charge in [-0.05, 0) is 53.4 Å². The van der Waals surface area contributed by atoms with Gasteiger partial charge >= 0.3 is 12.1 Å². The summed E-state index contributed by atoms with van der Waals surface area (Å²) in [5.41, 5.74) is 0.739. The Labute approximate surface area is 211 Å². The van der Waals surface area contributed by atoms with Crippen LogP contribution in [0, 0.1) is 5.41 Å². The van der Waals surface area contributed by atoms with Crippen LogP contribution in [-0.2, 0) is 27.4 Å². The molecule has 0 spiro atoms. The Kier molecular flexibility index (Phi) is 11.9. The quantitative estimate of drug-likeness (QED) is 0.296. The smallest absolute Gasteiger partial charge is 0.407 e. The zero-order valence-electron chi connectivity index (χ0n) is 23.1. The average Bonchev–Trinajstić information content (AvgIpc) is 2.63. The van der Waals surface area contributed by atoms with Crippen molar-refractivity contribution >= 4 is 12.1 Å². The number of carbonyl (C=O) groups is 2. The van der Waals surface area contributed by atoms with Gasteiger partial charge in [-0.15, -0.1) is 0 Å². The van der Waals surface area contributed by atoms with Crippen molar-refractivity contribution in [2.75, 3.05) is 26.2 Å². The minimum atomic E-state index is -0.525. The van der Waals surface area contributed by atoms with Crippen molar-refractivity contribution in [3.05, 3.63) is 23.5 Å². The van der Waals surface area contributed by atoms with Crippen LogP contribution in [0.25, 0.3) is 0 Å². The van der Waals surface area contributed by atoms with E-state index in [0.29, 0.717) is 38.4 Å². The Morgan fingerprint density at radius 3 is 1.97 bits per heavy atom. The highest BCUT2D eigenvalue weighted by Gasteiger charge is 2.17. The molecule has 0 unspecified atom stereocenters. The lowest BCUT2D eigenvalue weighted by Crippen LogP contribution is -2.33.